The zero-order chi connectivity index (χ0) is 48.5. The fourth-order valence-electron chi connectivity index (χ4n) is 10.1. The van der Waals surface area contributed by atoms with Crippen LogP contribution >= 0.6 is 0 Å². The van der Waals surface area contributed by atoms with E-state index in [0.717, 1.165) is 49.6 Å². The highest BCUT2D eigenvalue weighted by atomic mass is 15.0. The molecular formula is C53H40B11N3. The van der Waals surface area contributed by atoms with E-state index in [1.807, 2.05) is 68.7 Å². The molecule has 7 aromatic carbocycles. The summed E-state index contributed by atoms with van der Waals surface area (Å²) in [4.78, 5) is 0. The summed E-state index contributed by atoms with van der Waals surface area (Å²) < 4.78 is 6.36. The first-order valence-corrected chi connectivity index (χ1v) is 22.8. The van der Waals surface area contributed by atoms with E-state index in [-0.39, 0.29) is 43.7 Å². The molecule has 0 aliphatic rings. The minimum Gasteiger partial charge on any atom is -0.310 e. The van der Waals surface area contributed by atoms with Crippen molar-refractivity contribution in [1.82, 2.24) is 13.5 Å². The van der Waals surface area contributed by atoms with Gasteiger partial charge in [0.05, 0.1) is 27.6 Å². The molecule has 67 heavy (non-hydrogen) atoms. The van der Waals surface area contributed by atoms with Gasteiger partial charge in [-0.1, -0.05) is 129 Å². The molecule has 0 spiro atoms. The van der Waals surface area contributed by atoms with Crippen LogP contribution in [0.5, 0.6) is 0 Å². The number of nitrogens with zero attached hydrogens (tertiary/aromatic N) is 3. The summed E-state index contributed by atoms with van der Waals surface area (Å²) in [6.07, 6.45) is 2.59. The van der Waals surface area contributed by atoms with Crippen LogP contribution in [0.2, 0.25) is 0 Å². The van der Waals surface area contributed by atoms with Crippen molar-refractivity contribution in [3.8, 4) is 11.4 Å². The summed E-state index contributed by atoms with van der Waals surface area (Å²) in [5, 5.41) is 5.89. The van der Waals surface area contributed by atoms with E-state index >= 15 is 0 Å². The van der Waals surface area contributed by atoms with Crippen molar-refractivity contribution in [1.29, 1.82) is 0 Å². The lowest BCUT2D eigenvalue weighted by Gasteiger charge is -2.18. The first-order chi connectivity index (χ1) is 31.9. The largest absolute Gasteiger partial charge is 0.310 e. The number of aryl methyl sites for hydroxylation is 2. The van der Waals surface area contributed by atoms with Gasteiger partial charge >= 0.3 is 0 Å². The minimum absolute atomic E-state index is 0.156. The van der Waals surface area contributed by atoms with Gasteiger partial charge in [-0.05, 0) is 72.2 Å². The molecule has 11 aromatic rings. The topological polar surface area (TPSA) is 14.3 Å². The van der Waals surface area contributed by atoms with Gasteiger partial charge in [0, 0.05) is 60.1 Å². The molecule has 0 aliphatic carbocycles. The summed E-state index contributed by atoms with van der Waals surface area (Å²) in [7, 11) is 75.4. The Bertz CT molecular complexity index is 3850. The summed E-state index contributed by atoms with van der Waals surface area (Å²) in [6.45, 7) is 16.9. The first-order valence-electron chi connectivity index (χ1n) is 22.8. The van der Waals surface area contributed by atoms with Gasteiger partial charge in [0.15, 0.2) is 0 Å². The highest BCUT2D eigenvalue weighted by Gasteiger charge is 2.31. The number of hydrogen-bond donors (Lipinski definition) is 0. The molecule has 0 N–H and O–H groups in total. The lowest BCUT2D eigenvalue weighted by atomic mass is 9.65. The molecule has 3 nitrogen and oxygen atoms in total. The Labute approximate surface area is 408 Å². The molecule has 0 amide bonds. The van der Waals surface area contributed by atoms with E-state index in [0.29, 0.717) is 76.4 Å². The van der Waals surface area contributed by atoms with Crippen LogP contribution in [0.1, 0.15) is 65.5 Å². The maximum Gasteiger partial charge on any atom is 0.117 e. The molecule has 4 heterocycles. The Balaban J connectivity index is 0.000000575. The van der Waals surface area contributed by atoms with Gasteiger partial charge in [-0.25, -0.2) is 0 Å². The average molecular weight is 838 g/mol. The van der Waals surface area contributed by atoms with Crippen molar-refractivity contribution in [3.05, 3.63) is 83.9 Å². The first kappa shape index (κ1) is 46.8. The monoisotopic (exact) mass is 839 g/mol. The quantitative estimate of drug-likeness (QED) is 0.242. The molecule has 11 rings (SSSR count). The lowest BCUT2D eigenvalue weighted by Crippen LogP contribution is -2.48. The van der Waals surface area contributed by atoms with Crippen LogP contribution in [-0.2, 0) is 0 Å². The van der Waals surface area contributed by atoms with Gasteiger partial charge in [-0.3, -0.25) is 0 Å². The third-order valence-electron chi connectivity index (χ3n) is 14.5. The third-order valence-corrected chi connectivity index (χ3v) is 14.5. The highest BCUT2D eigenvalue weighted by molar-refractivity contribution is 6.70. The van der Waals surface area contributed by atoms with Crippen LogP contribution in [0.4, 0.5) is 0 Å². The number of rotatable bonds is 4. The van der Waals surface area contributed by atoms with Crippen LogP contribution in [0.25, 0.3) is 93.1 Å². The van der Waals surface area contributed by atoms with Crippen molar-refractivity contribution < 1.29 is 0 Å². The summed E-state index contributed by atoms with van der Waals surface area (Å²) >= 11 is 0. The van der Waals surface area contributed by atoms with Gasteiger partial charge in [0.2, 0.25) is 0 Å². The zero-order valence-corrected chi connectivity index (χ0v) is 39.5. The molecule has 14 heteroatoms. The molecule has 0 aliphatic heterocycles. The van der Waals surface area contributed by atoms with Crippen LogP contribution < -0.4 is 60.1 Å². The van der Waals surface area contributed by atoms with Crippen LogP contribution in [0.15, 0.2) is 72.8 Å². The molecule has 0 bridgehead atoms. The van der Waals surface area contributed by atoms with Crippen LogP contribution in [-0.4, -0.2) is 99.8 Å². The van der Waals surface area contributed by atoms with Crippen molar-refractivity contribution in [2.75, 3.05) is 0 Å². The number of hydrogen-bond acceptors (Lipinski definition) is 0. The number of benzene rings is 7. The second-order valence-corrected chi connectivity index (χ2v) is 18.2. The van der Waals surface area contributed by atoms with Crippen LogP contribution in [0, 0.1) is 19.3 Å². The standard InChI is InChI=1S/C44H18B11N3.C7H16.C2H6/c1-15-29(45)35(51)33(49)27-28-34(50)36(52)31(47)25-23-24-26-32(48)37(53)38(54)39(55)44(26)57(43(24)30(46)16(2)40(23)58(41(15)27)42(25)28)18-12-13-22-20(14-18)19-10-6-7-11-21(19)56(22)17-8-4-3-5-9-17;1-5-7(3,4)6-2;1-2/h3-14H,1-2H3;5-6H2,1-4H3;1-2H3. The summed E-state index contributed by atoms with van der Waals surface area (Å²) in [5.41, 5.74) is 12.2. The Kier molecular flexibility index (Phi) is 11.7. The molecule has 0 unspecified atom stereocenters. The van der Waals surface area contributed by atoms with Crippen LogP contribution in [0.3, 0.4) is 0 Å². The molecule has 0 atom stereocenters. The van der Waals surface area contributed by atoms with Crippen molar-refractivity contribution in [3.63, 3.8) is 0 Å². The maximum absolute atomic E-state index is 7.42. The molecule has 22 radical (unpaired) electrons. The molecule has 0 saturated heterocycles. The van der Waals surface area contributed by atoms with Gasteiger partial charge in [-0.2, -0.15) is 0 Å². The van der Waals surface area contributed by atoms with E-state index in [1.54, 1.807) is 0 Å². The van der Waals surface area contributed by atoms with Gasteiger partial charge in [0.25, 0.3) is 0 Å². The molecule has 4 aromatic heterocycles. The van der Waals surface area contributed by atoms with E-state index in [9.17, 15) is 0 Å². The second kappa shape index (κ2) is 16.7. The Morgan fingerprint density at radius 2 is 0.821 bits per heavy atom. The fraction of sp³-hybridized carbons (Fsp3) is 0.208. The van der Waals surface area contributed by atoms with E-state index in [2.05, 4.69) is 73.1 Å². The summed E-state index contributed by atoms with van der Waals surface area (Å²) in [5.74, 6) is 0. The Morgan fingerprint density at radius 1 is 0.388 bits per heavy atom. The predicted octanol–water partition coefficient (Wildman–Crippen LogP) is 2.24. The van der Waals surface area contributed by atoms with Gasteiger partial charge in [0.1, 0.15) is 86.3 Å². The average Bonchev–Trinajstić information content (AvgIpc) is 4.08. The van der Waals surface area contributed by atoms with Crippen molar-refractivity contribution in [2.24, 2.45) is 5.41 Å². The third kappa shape index (κ3) is 6.39. The zero-order valence-electron chi connectivity index (χ0n) is 39.5. The fourth-order valence-corrected chi connectivity index (χ4v) is 10.1. The Hall–Kier alpha value is -5.35. The number of para-hydroxylation sites is 2. The highest BCUT2D eigenvalue weighted by Crippen LogP contribution is 2.44. The summed E-state index contributed by atoms with van der Waals surface area (Å²) in [6, 6.07) is 24.9. The van der Waals surface area contributed by atoms with E-state index in [1.165, 1.54) is 12.8 Å². The second-order valence-electron chi connectivity index (χ2n) is 18.2. The number of fused-ring (bicyclic) bond motifs is 13. The van der Waals surface area contributed by atoms with Crippen molar-refractivity contribution in [2.45, 2.75) is 68.2 Å². The van der Waals surface area contributed by atoms with Gasteiger partial charge < -0.3 is 13.5 Å². The molecule has 300 valence electrons. The lowest BCUT2D eigenvalue weighted by molar-refractivity contribution is 0.338. The Morgan fingerprint density at radius 3 is 1.42 bits per heavy atom. The molecular weight excluding hydrogens is 798 g/mol. The normalized spacial score (nSPS) is 12.1. The van der Waals surface area contributed by atoms with Gasteiger partial charge in [-0.15, -0.1) is 21.9 Å². The number of aromatic nitrogens is 3. The smallest absolute Gasteiger partial charge is 0.117 e. The predicted molar refractivity (Wildman–Crippen MR) is 304 cm³/mol. The van der Waals surface area contributed by atoms with E-state index < -0.39 is 0 Å². The molecule has 0 fully saturated rings. The van der Waals surface area contributed by atoms with E-state index in [4.69, 9.17) is 86.3 Å². The maximum atomic E-state index is 7.42. The minimum atomic E-state index is 0.156. The van der Waals surface area contributed by atoms with Crippen molar-refractivity contribution >= 4 is 228 Å². The molecule has 0 saturated carbocycles. The SMILES string of the molecule is CC.CCC(C)(C)CC.[B]c1c([B])c([B])c2c(c1[B])c1c3c4c([B])c([B])c([B])c5c6c([B])c([B])c([B])c(C)c6n(c3c(C)c([B])c1n2-c1ccc2c(c1)c1ccccc1n2-c1ccccc1)c54.